The van der Waals surface area contributed by atoms with Gasteiger partial charge in [-0.05, 0) is 38.1 Å². The van der Waals surface area contributed by atoms with Crippen LogP contribution in [0.3, 0.4) is 0 Å². The molecule has 3 heterocycles. The molecule has 5 heteroatoms. The summed E-state index contributed by atoms with van der Waals surface area (Å²) in [6, 6.07) is 12.1. The van der Waals surface area contributed by atoms with Gasteiger partial charge in [-0.25, -0.2) is 14.5 Å². The second kappa shape index (κ2) is 5.28. The molecule has 0 bridgehead atoms. The number of pyridine rings is 1. The van der Waals surface area contributed by atoms with E-state index in [1.54, 1.807) is 6.20 Å². The van der Waals surface area contributed by atoms with Gasteiger partial charge in [-0.3, -0.25) is 4.98 Å². The molecule has 112 valence electrons. The highest BCUT2D eigenvalue weighted by Gasteiger charge is 2.06. The summed E-state index contributed by atoms with van der Waals surface area (Å²) >= 11 is 0. The molecule has 0 atom stereocenters. The first-order valence-corrected chi connectivity index (χ1v) is 7.43. The van der Waals surface area contributed by atoms with Crippen molar-refractivity contribution < 1.29 is 0 Å². The number of hydrogen-bond donors (Lipinski definition) is 0. The van der Waals surface area contributed by atoms with E-state index < -0.39 is 0 Å². The number of aromatic nitrogens is 5. The zero-order valence-electron chi connectivity index (χ0n) is 12.9. The SMILES string of the molecule is Cc1ncc(C)n2nc(/C=C/c3ccc4ccccc4n3)nc12. The number of benzene rings is 1. The molecule has 5 nitrogen and oxygen atoms in total. The van der Waals surface area contributed by atoms with Crippen molar-refractivity contribution in [3.8, 4) is 0 Å². The summed E-state index contributed by atoms with van der Waals surface area (Å²) in [5.41, 5.74) is 4.48. The van der Waals surface area contributed by atoms with Crippen LogP contribution in [0.2, 0.25) is 0 Å². The lowest BCUT2D eigenvalue weighted by Gasteiger charge is -1.97. The smallest absolute Gasteiger partial charge is 0.177 e. The molecule has 0 aliphatic rings. The summed E-state index contributed by atoms with van der Waals surface area (Å²) in [6.07, 6.45) is 5.61. The number of hydrogen-bond acceptors (Lipinski definition) is 4. The van der Waals surface area contributed by atoms with Crippen LogP contribution in [-0.2, 0) is 0 Å². The first kappa shape index (κ1) is 13.6. The minimum atomic E-state index is 0.652. The fourth-order valence-corrected chi connectivity index (χ4v) is 2.52. The number of aryl methyl sites for hydroxylation is 2. The van der Waals surface area contributed by atoms with Crippen LogP contribution in [0.5, 0.6) is 0 Å². The molecule has 0 N–H and O–H groups in total. The van der Waals surface area contributed by atoms with Crippen molar-refractivity contribution in [1.82, 2.24) is 24.6 Å². The quantitative estimate of drug-likeness (QED) is 0.569. The molecule has 0 saturated heterocycles. The summed E-state index contributed by atoms with van der Waals surface area (Å²) in [4.78, 5) is 13.5. The molecule has 0 amide bonds. The van der Waals surface area contributed by atoms with Gasteiger partial charge in [-0.2, -0.15) is 0 Å². The van der Waals surface area contributed by atoms with Crippen molar-refractivity contribution >= 4 is 28.7 Å². The third kappa shape index (κ3) is 2.46. The van der Waals surface area contributed by atoms with Gasteiger partial charge < -0.3 is 0 Å². The van der Waals surface area contributed by atoms with Crippen molar-refractivity contribution in [1.29, 1.82) is 0 Å². The van der Waals surface area contributed by atoms with E-state index >= 15 is 0 Å². The summed E-state index contributed by atoms with van der Waals surface area (Å²) in [6.45, 7) is 3.90. The van der Waals surface area contributed by atoms with Crippen LogP contribution < -0.4 is 0 Å². The number of rotatable bonds is 2. The standard InChI is InChI=1S/C18H15N5/c1-12-11-19-13(2)18-21-17(22-23(12)18)10-9-15-8-7-14-5-3-4-6-16(14)20-15/h3-11H,1-2H3/b10-9+. The Bertz CT molecular complexity index is 1010. The fourth-order valence-electron chi connectivity index (χ4n) is 2.52. The Kier molecular flexibility index (Phi) is 3.12. The monoisotopic (exact) mass is 301 g/mol. The molecular formula is C18H15N5. The normalized spacial score (nSPS) is 11.7. The average molecular weight is 301 g/mol. The predicted molar refractivity (Wildman–Crippen MR) is 90.9 cm³/mol. The van der Waals surface area contributed by atoms with Crippen LogP contribution in [0, 0.1) is 13.8 Å². The van der Waals surface area contributed by atoms with E-state index in [1.807, 2.05) is 54.8 Å². The molecule has 23 heavy (non-hydrogen) atoms. The second-order valence-electron chi connectivity index (χ2n) is 5.45. The molecule has 0 aliphatic heterocycles. The molecule has 4 rings (SSSR count). The molecule has 0 fully saturated rings. The van der Waals surface area contributed by atoms with E-state index in [2.05, 4.69) is 32.2 Å². The Morgan fingerprint density at radius 2 is 1.83 bits per heavy atom. The van der Waals surface area contributed by atoms with Gasteiger partial charge in [0, 0.05) is 11.6 Å². The predicted octanol–water partition coefficient (Wildman–Crippen LogP) is 3.46. The molecule has 1 aromatic carbocycles. The van der Waals surface area contributed by atoms with Gasteiger partial charge in [0.05, 0.1) is 22.6 Å². The van der Waals surface area contributed by atoms with Gasteiger partial charge in [-0.15, -0.1) is 5.10 Å². The third-order valence-corrected chi connectivity index (χ3v) is 3.75. The summed E-state index contributed by atoms with van der Waals surface area (Å²) in [7, 11) is 0. The average Bonchev–Trinajstić information content (AvgIpc) is 3.02. The molecule has 0 unspecified atom stereocenters. The third-order valence-electron chi connectivity index (χ3n) is 3.75. The van der Waals surface area contributed by atoms with E-state index in [0.717, 1.165) is 33.6 Å². The van der Waals surface area contributed by atoms with Crippen molar-refractivity contribution in [2.45, 2.75) is 13.8 Å². The maximum Gasteiger partial charge on any atom is 0.177 e. The minimum Gasteiger partial charge on any atom is -0.256 e. The molecule has 3 aromatic heterocycles. The minimum absolute atomic E-state index is 0.652. The van der Waals surface area contributed by atoms with Gasteiger partial charge in [0.1, 0.15) is 0 Å². The fraction of sp³-hybridized carbons (Fsp3) is 0.111. The largest absolute Gasteiger partial charge is 0.256 e. The Morgan fingerprint density at radius 1 is 0.957 bits per heavy atom. The molecule has 0 radical (unpaired) electrons. The van der Waals surface area contributed by atoms with Crippen LogP contribution in [-0.4, -0.2) is 24.6 Å². The van der Waals surface area contributed by atoms with E-state index in [9.17, 15) is 0 Å². The van der Waals surface area contributed by atoms with Crippen LogP contribution >= 0.6 is 0 Å². The first-order valence-electron chi connectivity index (χ1n) is 7.43. The maximum atomic E-state index is 4.62. The molecule has 0 aliphatic carbocycles. The zero-order chi connectivity index (χ0) is 15.8. The summed E-state index contributed by atoms with van der Waals surface area (Å²) in [5, 5.41) is 5.63. The number of nitrogens with zero attached hydrogens (tertiary/aromatic N) is 5. The highest BCUT2D eigenvalue weighted by molar-refractivity contribution is 5.80. The van der Waals surface area contributed by atoms with Crippen LogP contribution in [0.25, 0.3) is 28.7 Å². The lowest BCUT2D eigenvalue weighted by molar-refractivity contribution is 0.884. The van der Waals surface area contributed by atoms with E-state index in [0.29, 0.717) is 5.82 Å². The second-order valence-corrected chi connectivity index (χ2v) is 5.45. The topological polar surface area (TPSA) is 56.0 Å². The molecular weight excluding hydrogens is 286 g/mol. The van der Waals surface area contributed by atoms with Gasteiger partial charge >= 0.3 is 0 Å². The van der Waals surface area contributed by atoms with Gasteiger partial charge in [0.25, 0.3) is 0 Å². The van der Waals surface area contributed by atoms with E-state index in [-0.39, 0.29) is 0 Å². The van der Waals surface area contributed by atoms with Gasteiger partial charge in [0.15, 0.2) is 11.5 Å². The van der Waals surface area contributed by atoms with Crippen molar-refractivity contribution in [3.63, 3.8) is 0 Å². The first-order chi connectivity index (χ1) is 11.2. The summed E-state index contributed by atoms with van der Waals surface area (Å²) in [5.74, 6) is 0.652. The molecule has 4 aromatic rings. The van der Waals surface area contributed by atoms with Gasteiger partial charge in [-0.1, -0.05) is 24.3 Å². The lowest BCUT2D eigenvalue weighted by atomic mass is 10.2. The molecule has 0 spiro atoms. The number of fused-ring (bicyclic) bond motifs is 2. The zero-order valence-corrected chi connectivity index (χ0v) is 12.9. The Balaban J connectivity index is 1.72. The Morgan fingerprint density at radius 3 is 2.70 bits per heavy atom. The highest BCUT2D eigenvalue weighted by Crippen LogP contribution is 2.14. The summed E-state index contributed by atoms with van der Waals surface area (Å²) < 4.78 is 1.82. The maximum absolute atomic E-state index is 4.62. The van der Waals surface area contributed by atoms with Crippen molar-refractivity contribution in [2.75, 3.05) is 0 Å². The van der Waals surface area contributed by atoms with Gasteiger partial charge in [0.2, 0.25) is 0 Å². The number of para-hydroxylation sites is 1. The van der Waals surface area contributed by atoms with Crippen molar-refractivity contribution in [3.05, 3.63) is 65.5 Å². The van der Waals surface area contributed by atoms with E-state index in [1.165, 1.54) is 0 Å². The van der Waals surface area contributed by atoms with Crippen molar-refractivity contribution in [2.24, 2.45) is 0 Å². The Labute approximate surface area is 133 Å². The van der Waals surface area contributed by atoms with Crippen LogP contribution in [0.1, 0.15) is 22.9 Å². The van der Waals surface area contributed by atoms with Crippen LogP contribution in [0.15, 0.2) is 42.6 Å². The molecule has 0 saturated carbocycles. The van der Waals surface area contributed by atoms with E-state index in [4.69, 9.17) is 0 Å². The lowest BCUT2D eigenvalue weighted by Crippen LogP contribution is -1.97. The Hall–Kier alpha value is -3.08. The van der Waals surface area contributed by atoms with Crippen LogP contribution in [0.4, 0.5) is 0 Å². The highest BCUT2D eigenvalue weighted by atomic mass is 15.3.